The summed E-state index contributed by atoms with van der Waals surface area (Å²) in [7, 11) is 0. The van der Waals surface area contributed by atoms with E-state index in [0.717, 1.165) is 12.2 Å². The Balaban J connectivity index is 1.73. The number of aromatic nitrogens is 1. The highest BCUT2D eigenvalue weighted by molar-refractivity contribution is 5.75. The Kier molecular flexibility index (Phi) is 3.24. The van der Waals surface area contributed by atoms with Crippen LogP contribution in [0.4, 0.5) is 11.4 Å². The maximum atomic E-state index is 4.24. The molecule has 0 saturated carbocycles. The molecule has 108 valence electrons. The van der Waals surface area contributed by atoms with E-state index in [1.165, 1.54) is 16.8 Å². The van der Waals surface area contributed by atoms with Crippen molar-refractivity contribution in [3.63, 3.8) is 0 Å². The van der Waals surface area contributed by atoms with Crippen LogP contribution in [0.5, 0.6) is 0 Å². The number of nitrogens with one attached hydrogen (secondary N) is 1. The number of rotatable bonds is 3. The highest BCUT2D eigenvalue weighted by Gasteiger charge is 2.29. The molecule has 2 aromatic carbocycles. The van der Waals surface area contributed by atoms with E-state index in [4.69, 9.17) is 0 Å². The van der Waals surface area contributed by atoms with Crippen molar-refractivity contribution in [2.75, 3.05) is 10.2 Å². The van der Waals surface area contributed by atoms with Crippen LogP contribution in [0.2, 0.25) is 0 Å². The molecule has 0 aliphatic carbocycles. The first-order valence-corrected chi connectivity index (χ1v) is 7.48. The predicted octanol–water partition coefficient (Wildman–Crippen LogP) is 4.21. The second-order valence-corrected chi connectivity index (χ2v) is 5.46. The summed E-state index contributed by atoms with van der Waals surface area (Å²) in [5.41, 5.74) is 4.85. The van der Waals surface area contributed by atoms with Gasteiger partial charge in [0.15, 0.2) is 0 Å². The highest BCUT2D eigenvalue weighted by Crippen LogP contribution is 2.41. The van der Waals surface area contributed by atoms with E-state index in [1.54, 1.807) is 0 Å². The molecule has 1 N–H and O–H groups in total. The van der Waals surface area contributed by atoms with E-state index >= 15 is 0 Å². The van der Waals surface area contributed by atoms with Gasteiger partial charge in [-0.25, -0.2) is 0 Å². The van der Waals surface area contributed by atoms with Gasteiger partial charge in [-0.15, -0.1) is 0 Å². The fourth-order valence-corrected chi connectivity index (χ4v) is 2.97. The number of nitrogens with zero attached hydrogens (tertiary/aromatic N) is 2. The molecule has 2 heterocycles. The lowest BCUT2D eigenvalue weighted by atomic mass is 10.1. The molecule has 4 rings (SSSR count). The van der Waals surface area contributed by atoms with Gasteiger partial charge in [0.1, 0.15) is 6.17 Å². The fraction of sp³-hybridized carbons (Fsp3) is 0.105. The average molecular weight is 287 g/mol. The summed E-state index contributed by atoms with van der Waals surface area (Å²) < 4.78 is 0. The van der Waals surface area contributed by atoms with Crippen LogP contribution in [0.15, 0.2) is 79.1 Å². The van der Waals surface area contributed by atoms with Crippen LogP contribution in [-0.2, 0) is 6.54 Å². The maximum Gasteiger partial charge on any atom is 0.126 e. The van der Waals surface area contributed by atoms with Crippen LogP contribution in [0, 0.1) is 0 Å². The number of hydrogen-bond donors (Lipinski definition) is 1. The van der Waals surface area contributed by atoms with Crippen LogP contribution in [0.3, 0.4) is 0 Å². The van der Waals surface area contributed by atoms with Crippen molar-refractivity contribution in [2.24, 2.45) is 0 Å². The SMILES string of the molecule is c1ccc(CN2c3ccncc3N[C@@H]2c2ccccc2)cc1. The Bertz CT molecular complexity index is 756. The van der Waals surface area contributed by atoms with Crippen LogP contribution in [0.1, 0.15) is 17.3 Å². The zero-order valence-corrected chi connectivity index (χ0v) is 12.2. The van der Waals surface area contributed by atoms with E-state index < -0.39 is 0 Å². The van der Waals surface area contributed by atoms with Crippen LogP contribution < -0.4 is 10.2 Å². The van der Waals surface area contributed by atoms with Crippen molar-refractivity contribution in [2.45, 2.75) is 12.7 Å². The number of hydrogen-bond acceptors (Lipinski definition) is 3. The first-order valence-electron chi connectivity index (χ1n) is 7.48. The zero-order chi connectivity index (χ0) is 14.8. The summed E-state index contributed by atoms with van der Waals surface area (Å²) in [5.74, 6) is 0. The molecule has 0 radical (unpaired) electrons. The molecule has 3 nitrogen and oxygen atoms in total. The predicted molar refractivity (Wildman–Crippen MR) is 89.7 cm³/mol. The second-order valence-electron chi connectivity index (χ2n) is 5.46. The third-order valence-corrected chi connectivity index (χ3v) is 4.02. The molecule has 0 unspecified atom stereocenters. The lowest BCUT2D eigenvalue weighted by Gasteiger charge is -2.27. The fourth-order valence-electron chi connectivity index (χ4n) is 2.97. The lowest BCUT2D eigenvalue weighted by Crippen LogP contribution is -2.27. The van der Waals surface area contributed by atoms with Gasteiger partial charge >= 0.3 is 0 Å². The van der Waals surface area contributed by atoms with Gasteiger partial charge in [-0.3, -0.25) is 4.98 Å². The van der Waals surface area contributed by atoms with Crippen LogP contribution in [0.25, 0.3) is 0 Å². The molecule has 3 heteroatoms. The van der Waals surface area contributed by atoms with E-state index in [2.05, 4.69) is 81.9 Å². The van der Waals surface area contributed by atoms with Crippen LogP contribution >= 0.6 is 0 Å². The molecule has 0 saturated heterocycles. The summed E-state index contributed by atoms with van der Waals surface area (Å²) >= 11 is 0. The molecule has 0 amide bonds. The first-order chi connectivity index (χ1) is 10.9. The first kappa shape index (κ1) is 12.9. The normalized spacial score (nSPS) is 16.2. The molecule has 0 bridgehead atoms. The summed E-state index contributed by atoms with van der Waals surface area (Å²) in [6, 6.07) is 23.2. The number of pyridine rings is 1. The van der Waals surface area contributed by atoms with Gasteiger partial charge in [0.05, 0.1) is 17.6 Å². The number of anilines is 2. The van der Waals surface area contributed by atoms with Gasteiger partial charge in [-0.2, -0.15) is 0 Å². The van der Waals surface area contributed by atoms with Gasteiger partial charge in [-0.1, -0.05) is 60.7 Å². The third-order valence-electron chi connectivity index (χ3n) is 4.02. The molecule has 0 fully saturated rings. The average Bonchev–Trinajstić information content (AvgIpc) is 2.95. The van der Waals surface area contributed by atoms with Crippen molar-refractivity contribution >= 4 is 11.4 Å². The van der Waals surface area contributed by atoms with Crippen molar-refractivity contribution in [3.8, 4) is 0 Å². The summed E-state index contributed by atoms with van der Waals surface area (Å²) in [5, 5.41) is 3.58. The van der Waals surface area contributed by atoms with Gasteiger partial charge in [0.2, 0.25) is 0 Å². The monoisotopic (exact) mass is 287 g/mol. The van der Waals surface area contributed by atoms with E-state index in [9.17, 15) is 0 Å². The maximum absolute atomic E-state index is 4.24. The van der Waals surface area contributed by atoms with Gasteiger partial charge in [0, 0.05) is 12.7 Å². The molecule has 22 heavy (non-hydrogen) atoms. The minimum Gasteiger partial charge on any atom is -0.358 e. The van der Waals surface area contributed by atoms with Crippen molar-refractivity contribution in [3.05, 3.63) is 90.3 Å². The number of benzene rings is 2. The molecule has 1 atom stereocenters. The standard InChI is InChI=1S/C19H17N3/c1-3-7-15(8-4-1)14-22-18-11-12-20-13-17(18)21-19(22)16-9-5-2-6-10-16/h1-13,19,21H,14H2/t19-/m0/s1. The summed E-state index contributed by atoms with van der Waals surface area (Å²) in [4.78, 5) is 6.63. The topological polar surface area (TPSA) is 28.2 Å². The van der Waals surface area contributed by atoms with E-state index in [1.807, 2.05) is 12.4 Å². The second kappa shape index (κ2) is 5.53. The Labute approximate surface area is 130 Å². The number of fused-ring (bicyclic) bond motifs is 1. The third kappa shape index (κ3) is 2.31. The summed E-state index contributed by atoms with van der Waals surface area (Å²) in [6.07, 6.45) is 3.89. The molecular formula is C19H17N3. The zero-order valence-electron chi connectivity index (χ0n) is 12.2. The molecule has 3 aromatic rings. The molecule has 1 aliphatic heterocycles. The lowest BCUT2D eigenvalue weighted by molar-refractivity contribution is 0.712. The largest absolute Gasteiger partial charge is 0.358 e. The van der Waals surface area contributed by atoms with Crippen molar-refractivity contribution in [1.29, 1.82) is 0 Å². The molecular weight excluding hydrogens is 270 g/mol. The highest BCUT2D eigenvalue weighted by atomic mass is 15.3. The van der Waals surface area contributed by atoms with Crippen molar-refractivity contribution < 1.29 is 0 Å². The Hall–Kier alpha value is -2.81. The van der Waals surface area contributed by atoms with Gasteiger partial charge in [-0.05, 0) is 17.2 Å². The minimum atomic E-state index is 0.139. The Morgan fingerprint density at radius 3 is 2.41 bits per heavy atom. The quantitative estimate of drug-likeness (QED) is 0.782. The smallest absolute Gasteiger partial charge is 0.126 e. The van der Waals surface area contributed by atoms with Gasteiger partial charge in [0.25, 0.3) is 0 Å². The van der Waals surface area contributed by atoms with Crippen molar-refractivity contribution in [1.82, 2.24) is 4.98 Å². The van der Waals surface area contributed by atoms with Crippen LogP contribution in [-0.4, -0.2) is 4.98 Å². The van der Waals surface area contributed by atoms with E-state index in [0.29, 0.717) is 0 Å². The molecule has 1 aliphatic rings. The van der Waals surface area contributed by atoms with E-state index in [-0.39, 0.29) is 6.17 Å². The summed E-state index contributed by atoms with van der Waals surface area (Å²) in [6.45, 7) is 0.865. The Morgan fingerprint density at radius 1 is 0.909 bits per heavy atom. The minimum absolute atomic E-state index is 0.139. The van der Waals surface area contributed by atoms with Gasteiger partial charge < -0.3 is 10.2 Å². The molecule has 0 spiro atoms. The Morgan fingerprint density at radius 2 is 1.64 bits per heavy atom. The molecule has 1 aromatic heterocycles.